The molecular formula is C18H21N5O3. The second-order valence-electron chi connectivity index (χ2n) is 6.45. The molecule has 1 N–H and O–H groups in total. The van der Waals surface area contributed by atoms with Crippen molar-refractivity contribution in [3.8, 4) is 5.69 Å². The van der Waals surface area contributed by atoms with Gasteiger partial charge in [0, 0.05) is 20.2 Å². The summed E-state index contributed by atoms with van der Waals surface area (Å²) in [5.41, 5.74) is 1.20. The van der Waals surface area contributed by atoms with Crippen LogP contribution in [0.2, 0.25) is 0 Å². The summed E-state index contributed by atoms with van der Waals surface area (Å²) in [6.45, 7) is 3.75. The SMILES string of the molecule is COCC1CN(c2nc3c(cnn3-c3ccccc3)c(=O)[nH]2)CC(C)O1. The molecule has 2 atom stereocenters. The van der Waals surface area contributed by atoms with E-state index in [0.29, 0.717) is 36.7 Å². The standard InChI is InChI=1S/C18H21N5O3/c1-12-9-22(10-14(26-12)11-25-2)18-20-16-15(17(24)21-18)8-19-23(16)13-6-4-3-5-7-13/h3-8,12,14H,9-11H2,1-2H3,(H,20,21,24). The first-order valence-corrected chi connectivity index (χ1v) is 8.58. The molecule has 0 aliphatic carbocycles. The Morgan fingerprint density at radius 1 is 1.31 bits per heavy atom. The van der Waals surface area contributed by atoms with Gasteiger partial charge in [0.25, 0.3) is 5.56 Å². The van der Waals surface area contributed by atoms with Crippen LogP contribution in [0.15, 0.2) is 41.3 Å². The van der Waals surface area contributed by atoms with E-state index in [0.717, 1.165) is 5.69 Å². The summed E-state index contributed by atoms with van der Waals surface area (Å²) < 4.78 is 12.8. The highest BCUT2D eigenvalue weighted by molar-refractivity contribution is 5.76. The molecule has 2 unspecified atom stereocenters. The molecule has 2 aromatic heterocycles. The fourth-order valence-electron chi connectivity index (χ4n) is 3.31. The number of hydrogen-bond acceptors (Lipinski definition) is 6. The van der Waals surface area contributed by atoms with Gasteiger partial charge in [0.15, 0.2) is 5.65 Å². The zero-order valence-electron chi connectivity index (χ0n) is 14.8. The number of methoxy groups -OCH3 is 1. The number of hydrogen-bond donors (Lipinski definition) is 1. The molecule has 1 aromatic carbocycles. The molecule has 0 bridgehead atoms. The minimum atomic E-state index is -0.199. The third kappa shape index (κ3) is 3.09. The number of nitrogens with zero attached hydrogens (tertiary/aromatic N) is 4. The van der Waals surface area contributed by atoms with Gasteiger partial charge in [0.05, 0.1) is 30.7 Å². The first kappa shape index (κ1) is 16.7. The first-order valence-electron chi connectivity index (χ1n) is 8.58. The van der Waals surface area contributed by atoms with E-state index in [4.69, 9.17) is 14.5 Å². The number of anilines is 1. The lowest BCUT2D eigenvalue weighted by Gasteiger charge is -2.36. The second-order valence-corrected chi connectivity index (χ2v) is 6.45. The minimum Gasteiger partial charge on any atom is -0.382 e. The van der Waals surface area contributed by atoms with Gasteiger partial charge in [0.1, 0.15) is 5.39 Å². The van der Waals surface area contributed by atoms with Crippen molar-refractivity contribution in [1.29, 1.82) is 0 Å². The second kappa shape index (κ2) is 6.89. The van der Waals surface area contributed by atoms with Crippen molar-refractivity contribution in [3.63, 3.8) is 0 Å². The van der Waals surface area contributed by atoms with Crippen LogP contribution in [0.25, 0.3) is 16.7 Å². The van der Waals surface area contributed by atoms with Crippen LogP contribution in [0.4, 0.5) is 5.95 Å². The molecule has 4 rings (SSSR count). The molecule has 8 heteroatoms. The lowest BCUT2D eigenvalue weighted by Crippen LogP contribution is -2.49. The molecule has 1 aliphatic heterocycles. The van der Waals surface area contributed by atoms with Crippen molar-refractivity contribution >= 4 is 17.0 Å². The molecule has 0 spiro atoms. The quantitative estimate of drug-likeness (QED) is 0.760. The topological polar surface area (TPSA) is 85.3 Å². The van der Waals surface area contributed by atoms with Gasteiger partial charge in [-0.1, -0.05) is 18.2 Å². The van der Waals surface area contributed by atoms with Gasteiger partial charge < -0.3 is 14.4 Å². The van der Waals surface area contributed by atoms with Crippen molar-refractivity contribution in [1.82, 2.24) is 19.7 Å². The Labute approximate surface area is 150 Å². The predicted molar refractivity (Wildman–Crippen MR) is 97.9 cm³/mol. The summed E-state index contributed by atoms with van der Waals surface area (Å²) in [5, 5.41) is 4.81. The highest BCUT2D eigenvalue weighted by Crippen LogP contribution is 2.19. The number of morpholine rings is 1. The van der Waals surface area contributed by atoms with E-state index in [-0.39, 0.29) is 17.8 Å². The largest absolute Gasteiger partial charge is 0.382 e. The van der Waals surface area contributed by atoms with Crippen LogP contribution in [-0.4, -0.2) is 58.8 Å². The number of fused-ring (bicyclic) bond motifs is 1. The van der Waals surface area contributed by atoms with Crippen molar-refractivity contribution in [2.75, 3.05) is 31.7 Å². The van der Waals surface area contributed by atoms with Crippen molar-refractivity contribution in [2.45, 2.75) is 19.1 Å². The normalized spacial score (nSPS) is 20.6. The number of H-pyrrole nitrogens is 1. The fraction of sp³-hybridized carbons (Fsp3) is 0.389. The highest BCUT2D eigenvalue weighted by Gasteiger charge is 2.27. The van der Waals surface area contributed by atoms with E-state index in [1.165, 1.54) is 0 Å². The molecule has 3 heterocycles. The van der Waals surface area contributed by atoms with Gasteiger partial charge >= 0.3 is 0 Å². The summed E-state index contributed by atoms with van der Waals surface area (Å²) in [4.78, 5) is 22.2. The predicted octanol–water partition coefficient (Wildman–Crippen LogP) is 1.35. The maximum absolute atomic E-state index is 12.5. The third-order valence-electron chi connectivity index (χ3n) is 4.40. The van der Waals surface area contributed by atoms with Crippen LogP contribution >= 0.6 is 0 Å². The maximum atomic E-state index is 12.5. The molecule has 0 saturated carbocycles. The van der Waals surface area contributed by atoms with E-state index >= 15 is 0 Å². The Morgan fingerprint density at radius 2 is 2.12 bits per heavy atom. The number of nitrogens with one attached hydrogen (secondary N) is 1. The van der Waals surface area contributed by atoms with Crippen LogP contribution in [0.1, 0.15) is 6.92 Å². The first-order chi connectivity index (χ1) is 12.7. The summed E-state index contributed by atoms with van der Waals surface area (Å²) in [6, 6.07) is 9.65. The lowest BCUT2D eigenvalue weighted by molar-refractivity contribution is -0.0514. The van der Waals surface area contributed by atoms with E-state index in [1.807, 2.05) is 42.2 Å². The third-order valence-corrected chi connectivity index (χ3v) is 4.40. The minimum absolute atomic E-state index is 0.0175. The zero-order chi connectivity index (χ0) is 18.1. The van der Waals surface area contributed by atoms with E-state index in [2.05, 4.69) is 10.1 Å². The van der Waals surface area contributed by atoms with Gasteiger partial charge in [-0.05, 0) is 19.1 Å². The molecule has 3 aromatic rings. The molecule has 8 nitrogen and oxygen atoms in total. The fourth-order valence-corrected chi connectivity index (χ4v) is 3.31. The van der Waals surface area contributed by atoms with Crippen molar-refractivity contribution < 1.29 is 9.47 Å². The number of ether oxygens (including phenoxy) is 2. The van der Waals surface area contributed by atoms with Crippen LogP contribution in [0.3, 0.4) is 0 Å². The van der Waals surface area contributed by atoms with Crippen molar-refractivity contribution in [3.05, 3.63) is 46.9 Å². The zero-order valence-corrected chi connectivity index (χ0v) is 14.8. The molecule has 1 saturated heterocycles. The number of aromatic amines is 1. The highest BCUT2D eigenvalue weighted by atomic mass is 16.5. The Hall–Kier alpha value is -2.71. The molecule has 0 amide bonds. The van der Waals surface area contributed by atoms with Crippen molar-refractivity contribution in [2.24, 2.45) is 0 Å². The molecule has 0 radical (unpaired) electrons. The number of aromatic nitrogens is 4. The summed E-state index contributed by atoms with van der Waals surface area (Å²) >= 11 is 0. The number of rotatable bonds is 4. The van der Waals surface area contributed by atoms with E-state index in [1.54, 1.807) is 18.0 Å². The summed E-state index contributed by atoms with van der Waals surface area (Å²) in [6.07, 6.45) is 1.50. The van der Waals surface area contributed by atoms with Gasteiger partial charge in [-0.25, -0.2) is 4.68 Å². The average molecular weight is 355 g/mol. The monoisotopic (exact) mass is 355 g/mol. The lowest BCUT2D eigenvalue weighted by atomic mass is 10.2. The Bertz CT molecular complexity index is 952. The maximum Gasteiger partial charge on any atom is 0.263 e. The summed E-state index contributed by atoms with van der Waals surface area (Å²) in [7, 11) is 1.65. The molecule has 26 heavy (non-hydrogen) atoms. The Balaban J connectivity index is 1.75. The number of para-hydroxylation sites is 1. The van der Waals surface area contributed by atoms with Crippen LogP contribution in [0, 0.1) is 0 Å². The van der Waals surface area contributed by atoms with E-state index in [9.17, 15) is 4.79 Å². The summed E-state index contributed by atoms with van der Waals surface area (Å²) in [5.74, 6) is 0.524. The molecule has 136 valence electrons. The van der Waals surface area contributed by atoms with Crippen LogP contribution < -0.4 is 10.5 Å². The average Bonchev–Trinajstić information content (AvgIpc) is 3.07. The van der Waals surface area contributed by atoms with Crippen LogP contribution in [-0.2, 0) is 9.47 Å². The Morgan fingerprint density at radius 3 is 2.88 bits per heavy atom. The van der Waals surface area contributed by atoms with Crippen LogP contribution in [0.5, 0.6) is 0 Å². The van der Waals surface area contributed by atoms with Gasteiger partial charge in [-0.2, -0.15) is 10.1 Å². The van der Waals surface area contributed by atoms with E-state index < -0.39 is 0 Å². The van der Waals surface area contributed by atoms with Gasteiger partial charge in [0.2, 0.25) is 5.95 Å². The van der Waals surface area contributed by atoms with Gasteiger partial charge in [-0.15, -0.1) is 0 Å². The molecule has 1 fully saturated rings. The van der Waals surface area contributed by atoms with Gasteiger partial charge in [-0.3, -0.25) is 9.78 Å². The molecular weight excluding hydrogens is 334 g/mol. The Kier molecular flexibility index (Phi) is 4.44. The smallest absolute Gasteiger partial charge is 0.263 e. The molecule has 1 aliphatic rings. The number of benzene rings is 1.